The number of rotatable bonds is 11. The van der Waals surface area contributed by atoms with E-state index in [0.29, 0.717) is 6.42 Å². The first kappa shape index (κ1) is 23.4. The predicted molar refractivity (Wildman–Crippen MR) is 101 cm³/mol. The van der Waals surface area contributed by atoms with Gasteiger partial charge in [-0.2, -0.15) is 0 Å². The van der Waals surface area contributed by atoms with Crippen LogP contribution in [0.5, 0.6) is 5.75 Å². The molecule has 4 amide bonds. The highest BCUT2D eigenvalue weighted by Gasteiger charge is 2.16. The Balaban J connectivity index is 2.24. The molecule has 11 nitrogen and oxygen atoms in total. The molecule has 0 heterocycles. The molecule has 0 spiro atoms. The molecule has 0 saturated heterocycles. The van der Waals surface area contributed by atoms with Crippen molar-refractivity contribution in [2.75, 3.05) is 19.6 Å². The fourth-order valence-corrected chi connectivity index (χ4v) is 2.10. The first-order valence-corrected chi connectivity index (χ1v) is 8.77. The molecule has 0 fully saturated rings. The maximum Gasteiger partial charge on any atom is 0.322 e. The quantitative estimate of drug-likeness (QED) is 0.252. The zero-order valence-electron chi connectivity index (χ0n) is 15.9. The summed E-state index contributed by atoms with van der Waals surface area (Å²) in [6.45, 7) is 0.0912. The summed E-state index contributed by atoms with van der Waals surface area (Å²) < 4.78 is 0. The predicted octanol–water partition coefficient (Wildman–Crippen LogP) is -1.74. The van der Waals surface area contributed by atoms with Gasteiger partial charge in [0, 0.05) is 6.42 Å². The number of carboxylic acid groups (broad SMARTS) is 1. The van der Waals surface area contributed by atoms with E-state index in [0.717, 1.165) is 5.56 Å². The Morgan fingerprint density at radius 3 is 2.07 bits per heavy atom. The van der Waals surface area contributed by atoms with Crippen molar-refractivity contribution in [2.24, 2.45) is 0 Å². The average molecular weight is 408 g/mol. The molecule has 0 unspecified atom stereocenters. The van der Waals surface area contributed by atoms with Crippen LogP contribution < -0.4 is 21.3 Å². The van der Waals surface area contributed by atoms with Crippen molar-refractivity contribution in [3.05, 3.63) is 29.8 Å². The van der Waals surface area contributed by atoms with Crippen molar-refractivity contribution < 1.29 is 34.2 Å². The summed E-state index contributed by atoms with van der Waals surface area (Å²) in [7, 11) is 0. The molecule has 29 heavy (non-hydrogen) atoms. The largest absolute Gasteiger partial charge is 0.508 e. The molecule has 0 bridgehead atoms. The molecule has 0 aromatic heterocycles. The number of aliphatic carboxylic acids is 1. The first-order valence-electron chi connectivity index (χ1n) is 8.77. The monoisotopic (exact) mass is 408 g/mol. The van der Waals surface area contributed by atoms with Crippen LogP contribution in [-0.2, 0) is 30.4 Å². The number of phenols is 1. The van der Waals surface area contributed by atoms with Gasteiger partial charge in [-0.25, -0.2) is 0 Å². The van der Waals surface area contributed by atoms with Gasteiger partial charge in [-0.1, -0.05) is 12.1 Å². The van der Waals surface area contributed by atoms with Crippen LogP contribution in [0.3, 0.4) is 0 Å². The second-order valence-corrected chi connectivity index (χ2v) is 6.12. The molecule has 1 atom stereocenters. The van der Waals surface area contributed by atoms with Crippen molar-refractivity contribution in [3.63, 3.8) is 0 Å². The van der Waals surface area contributed by atoms with Gasteiger partial charge >= 0.3 is 5.97 Å². The zero-order chi connectivity index (χ0) is 21.8. The lowest BCUT2D eigenvalue weighted by molar-refractivity contribution is -0.138. The lowest BCUT2D eigenvalue weighted by Crippen LogP contribution is -2.49. The minimum atomic E-state index is -1.21. The van der Waals surface area contributed by atoms with Gasteiger partial charge in [0.2, 0.25) is 23.6 Å². The highest BCUT2D eigenvalue weighted by atomic mass is 16.4. The van der Waals surface area contributed by atoms with E-state index in [2.05, 4.69) is 21.3 Å². The maximum absolute atomic E-state index is 11.8. The van der Waals surface area contributed by atoms with E-state index >= 15 is 0 Å². The van der Waals surface area contributed by atoms with E-state index in [1.165, 1.54) is 19.1 Å². The van der Waals surface area contributed by atoms with Gasteiger partial charge < -0.3 is 31.5 Å². The molecule has 11 heteroatoms. The van der Waals surface area contributed by atoms with Crippen LogP contribution in [0.1, 0.15) is 18.9 Å². The van der Waals surface area contributed by atoms with Crippen LogP contribution in [0.2, 0.25) is 0 Å². The Morgan fingerprint density at radius 2 is 1.45 bits per heavy atom. The van der Waals surface area contributed by atoms with E-state index in [1.54, 1.807) is 12.1 Å². The number of carbonyl (C=O) groups excluding carboxylic acids is 4. The standard InChI is InChI=1S/C18H24N4O7/c1-11(18(29)21-8-15(25)20-10-17(27)28)22-16(26)9-19-14(24)7-4-12-2-5-13(23)6-3-12/h2-3,5-6,11,23H,4,7-10H2,1H3,(H,19,24)(H,20,25)(H,21,29)(H,22,26)(H,27,28)/t11-/m1/s1. The summed E-state index contributed by atoms with van der Waals surface area (Å²) in [6, 6.07) is 5.46. The number of hydrogen-bond acceptors (Lipinski definition) is 6. The molecule has 0 saturated carbocycles. The second-order valence-electron chi connectivity index (χ2n) is 6.12. The molecule has 1 aromatic carbocycles. The van der Waals surface area contributed by atoms with Gasteiger partial charge in [0.05, 0.1) is 13.1 Å². The fourth-order valence-electron chi connectivity index (χ4n) is 2.10. The van der Waals surface area contributed by atoms with Gasteiger partial charge in [0.1, 0.15) is 18.3 Å². The minimum absolute atomic E-state index is 0.133. The van der Waals surface area contributed by atoms with Crippen molar-refractivity contribution in [3.8, 4) is 5.75 Å². The number of aryl methyl sites for hydroxylation is 1. The second kappa shape index (κ2) is 12.0. The highest BCUT2D eigenvalue weighted by Crippen LogP contribution is 2.10. The number of aromatic hydroxyl groups is 1. The Hall–Kier alpha value is -3.63. The summed E-state index contributed by atoms with van der Waals surface area (Å²) in [5.41, 5.74) is 0.861. The van der Waals surface area contributed by atoms with Gasteiger partial charge in [-0.3, -0.25) is 24.0 Å². The van der Waals surface area contributed by atoms with E-state index in [4.69, 9.17) is 5.11 Å². The maximum atomic E-state index is 11.8. The first-order chi connectivity index (χ1) is 13.7. The van der Waals surface area contributed by atoms with Crippen molar-refractivity contribution >= 4 is 29.6 Å². The van der Waals surface area contributed by atoms with E-state index in [1.807, 2.05) is 0 Å². The molecule has 158 valence electrons. The Morgan fingerprint density at radius 1 is 0.862 bits per heavy atom. The van der Waals surface area contributed by atoms with Crippen LogP contribution in [0.15, 0.2) is 24.3 Å². The molecule has 0 aliphatic rings. The number of benzene rings is 1. The summed E-state index contributed by atoms with van der Waals surface area (Å²) in [5.74, 6) is -3.33. The van der Waals surface area contributed by atoms with Crippen LogP contribution in [0.25, 0.3) is 0 Å². The lowest BCUT2D eigenvalue weighted by atomic mass is 10.1. The highest BCUT2D eigenvalue weighted by molar-refractivity contribution is 5.92. The molecular weight excluding hydrogens is 384 g/mol. The minimum Gasteiger partial charge on any atom is -0.508 e. The van der Waals surface area contributed by atoms with Crippen LogP contribution >= 0.6 is 0 Å². The summed E-state index contributed by atoms with van der Waals surface area (Å²) in [5, 5.41) is 26.8. The normalized spacial score (nSPS) is 11.1. The van der Waals surface area contributed by atoms with Crippen molar-refractivity contribution in [2.45, 2.75) is 25.8 Å². The molecule has 0 aliphatic heterocycles. The Kier molecular flexibility index (Phi) is 9.65. The van der Waals surface area contributed by atoms with Crippen LogP contribution in [-0.4, -0.2) is 65.5 Å². The third-order valence-electron chi connectivity index (χ3n) is 3.65. The van der Waals surface area contributed by atoms with Crippen molar-refractivity contribution in [1.29, 1.82) is 0 Å². The zero-order valence-corrected chi connectivity index (χ0v) is 15.9. The third-order valence-corrected chi connectivity index (χ3v) is 3.65. The average Bonchev–Trinajstić information content (AvgIpc) is 2.68. The van der Waals surface area contributed by atoms with Gasteiger partial charge in [-0.15, -0.1) is 0 Å². The number of nitrogens with one attached hydrogen (secondary N) is 4. The third kappa shape index (κ3) is 10.3. The molecular formula is C18H24N4O7. The molecule has 1 aromatic rings. The van der Waals surface area contributed by atoms with Crippen molar-refractivity contribution in [1.82, 2.24) is 21.3 Å². The SMILES string of the molecule is C[C@@H](NC(=O)CNC(=O)CCc1ccc(O)cc1)C(=O)NCC(=O)NCC(=O)O. The number of amides is 4. The van der Waals surface area contributed by atoms with Crippen LogP contribution in [0, 0.1) is 0 Å². The number of carboxylic acids is 1. The van der Waals surface area contributed by atoms with Gasteiger partial charge in [-0.05, 0) is 31.0 Å². The summed E-state index contributed by atoms with van der Waals surface area (Å²) in [4.78, 5) is 57.1. The van der Waals surface area contributed by atoms with E-state index < -0.39 is 42.8 Å². The fraction of sp³-hybridized carbons (Fsp3) is 0.389. The number of hydrogen-bond donors (Lipinski definition) is 6. The number of phenolic OH excluding ortho intramolecular Hbond substituents is 1. The molecule has 0 aliphatic carbocycles. The number of carbonyl (C=O) groups is 5. The summed E-state index contributed by atoms with van der Waals surface area (Å²) in [6.07, 6.45) is 0.593. The van der Waals surface area contributed by atoms with E-state index in [-0.39, 0.29) is 24.6 Å². The molecule has 0 radical (unpaired) electrons. The molecule has 1 rings (SSSR count). The summed E-state index contributed by atoms with van der Waals surface area (Å²) >= 11 is 0. The topological polar surface area (TPSA) is 174 Å². The smallest absolute Gasteiger partial charge is 0.322 e. The van der Waals surface area contributed by atoms with Gasteiger partial charge in [0.15, 0.2) is 0 Å². The van der Waals surface area contributed by atoms with E-state index in [9.17, 15) is 29.1 Å². The lowest BCUT2D eigenvalue weighted by Gasteiger charge is -2.14. The Labute approximate surface area is 166 Å². The van der Waals surface area contributed by atoms with Gasteiger partial charge in [0.25, 0.3) is 0 Å². The van der Waals surface area contributed by atoms with Crippen LogP contribution in [0.4, 0.5) is 0 Å². The Bertz CT molecular complexity index is 749. The molecule has 6 N–H and O–H groups in total.